The monoisotopic (exact) mass is 367 g/mol. The van der Waals surface area contributed by atoms with Gasteiger partial charge in [0, 0.05) is 13.1 Å². The van der Waals surface area contributed by atoms with Gasteiger partial charge in [-0.25, -0.2) is 4.79 Å². The van der Waals surface area contributed by atoms with E-state index in [0.29, 0.717) is 24.6 Å². The molecule has 0 bridgehead atoms. The third kappa shape index (κ3) is 3.60. The Bertz CT molecular complexity index is 865. The minimum Gasteiger partial charge on any atom is -0.485 e. The van der Waals surface area contributed by atoms with Gasteiger partial charge in [0.1, 0.15) is 6.61 Å². The van der Waals surface area contributed by atoms with Crippen LogP contribution in [-0.2, 0) is 27.3 Å². The lowest BCUT2D eigenvalue weighted by Crippen LogP contribution is -2.45. The quantitative estimate of drug-likeness (QED) is 0.779. The molecule has 6 nitrogen and oxygen atoms in total. The average Bonchev–Trinajstić information content (AvgIpc) is 2.72. The summed E-state index contributed by atoms with van der Waals surface area (Å²) in [5, 5.41) is 0. The van der Waals surface area contributed by atoms with Crippen LogP contribution in [0.3, 0.4) is 0 Å². The fourth-order valence-corrected chi connectivity index (χ4v) is 3.38. The topological polar surface area (TPSA) is 65.1 Å². The molecule has 2 aliphatic rings. The highest BCUT2D eigenvalue weighted by atomic mass is 16.6. The second-order valence-corrected chi connectivity index (χ2v) is 6.72. The molecular weight excluding hydrogens is 346 g/mol. The summed E-state index contributed by atoms with van der Waals surface area (Å²) in [5.41, 5.74) is 2.40. The zero-order chi connectivity index (χ0) is 18.8. The van der Waals surface area contributed by atoms with Crippen LogP contribution in [0.5, 0.6) is 11.5 Å². The van der Waals surface area contributed by atoms with Crippen molar-refractivity contribution in [3.8, 4) is 11.5 Å². The molecule has 1 amide bonds. The summed E-state index contributed by atoms with van der Waals surface area (Å²) in [5.74, 6) is 0.299. The first-order chi connectivity index (χ1) is 13.1. The lowest BCUT2D eigenvalue weighted by atomic mass is 9.99. The van der Waals surface area contributed by atoms with Crippen molar-refractivity contribution in [1.29, 1.82) is 0 Å². The van der Waals surface area contributed by atoms with E-state index in [0.717, 1.165) is 12.0 Å². The number of amides is 1. The molecule has 0 fully saturated rings. The van der Waals surface area contributed by atoms with Gasteiger partial charge in [-0.1, -0.05) is 36.4 Å². The first-order valence-electron chi connectivity index (χ1n) is 9.06. The number of esters is 1. The summed E-state index contributed by atoms with van der Waals surface area (Å²) in [7, 11) is 0. The summed E-state index contributed by atoms with van der Waals surface area (Å²) in [6.07, 6.45) is -0.945. The minimum absolute atomic E-state index is 0.0633. The first kappa shape index (κ1) is 17.4. The largest absolute Gasteiger partial charge is 0.485 e. The van der Waals surface area contributed by atoms with Crippen LogP contribution < -0.4 is 9.47 Å². The van der Waals surface area contributed by atoms with Crippen molar-refractivity contribution in [3.05, 3.63) is 59.7 Å². The molecular formula is C21H21NO5. The molecule has 2 aliphatic heterocycles. The van der Waals surface area contributed by atoms with Crippen molar-refractivity contribution in [2.24, 2.45) is 0 Å². The van der Waals surface area contributed by atoms with Gasteiger partial charge >= 0.3 is 5.97 Å². The lowest BCUT2D eigenvalue weighted by molar-refractivity contribution is -0.167. The molecule has 0 saturated heterocycles. The molecule has 27 heavy (non-hydrogen) atoms. The van der Waals surface area contributed by atoms with E-state index in [9.17, 15) is 9.59 Å². The fourth-order valence-electron chi connectivity index (χ4n) is 3.38. The molecule has 2 atom stereocenters. The predicted molar refractivity (Wildman–Crippen MR) is 97.5 cm³/mol. The van der Waals surface area contributed by atoms with E-state index in [2.05, 4.69) is 6.07 Å². The maximum absolute atomic E-state index is 12.7. The molecule has 6 heteroatoms. The highest BCUT2D eigenvalue weighted by molar-refractivity contribution is 5.85. The molecule has 0 unspecified atom stereocenters. The second-order valence-electron chi connectivity index (χ2n) is 6.72. The van der Waals surface area contributed by atoms with E-state index in [1.165, 1.54) is 5.56 Å². The van der Waals surface area contributed by atoms with Gasteiger partial charge in [0.2, 0.25) is 6.10 Å². The highest BCUT2D eigenvalue weighted by Crippen LogP contribution is 2.31. The van der Waals surface area contributed by atoms with Crippen molar-refractivity contribution in [3.63, 3.8) is 0 Å². The molecule has 140 valence electrons. The number of hydrogen-bond donors (Lipinski definition) is 0. The van der Waals surface area contributed by atoms with E-state index >= 15 is 0 Å². The third-order valence-corrected chi connectivity index (χ3v) is 4.85. The van der Waals surface area contributed by atoms with Gasteiger partial charge < -0.3 is 19.1 Å². The van der Waals surface area contributed by atoms with Crippen LogP contribution >= 0.6 is 0 Å². The number of benzene rings is 2. The smallest absolute Gasteiger partial charge is 0.351 e. The van der Waals surface area contributed by atoms with E-state index in [1.54, 1.807) is 30.0 Å². The van der Waals surface area contributed by atoms with E-state index in [1.807, 2.05) is 24.3 Å². The van der Waals surface area contributed by atoms with Crippen LogP contribution in [0.1, 0.15) is 18.1 Å². The maximum Gasteiger partial charge on any atom is 0.351 e. The normalized spacial score (nSPS) is 19.0. The Morgan fingerprint density at radius 2 is 1.78 bits per heavy atom. The van der Waals surface area contributed by atoms with E-state index in [-0.39, 0.29) is 12.5 Å². The molecule has 0 aliphatic carbocycles. The van der Waals surface area contributed by atoms with E-state index < -0.39 is 18.2 Å². The fraction of sp³-hybridized carbons (Fsp3) is 0.333. The Hall–Kier alpha value is -3.02. The summed E-state index contributed by atoms with van der Waals surface area (Å²) in [4.78, 5) is 26.8. The van der Waals surface area contributed by atoms with Crippen molar-refractivity contribution in [1.82, 2.24) is 4.90 Å². The van der Waals surface area contributed by atoms with Crippen LogP contribution in [0.2, 0.25) is 0 Å². The van der Waals surface area contributed by atoms with Gasteiger partial charge in [-0.15, -0.1) is 0 Å². The first-order valence-corrected chi connectivity index (χ1v) is 9.06. The van der Waals surface area contributed by atoms with Crippen molar-refractivity contribution >= 4 is 11.9 Å². The number of fused-ring (bicyclic) bond motifs is 2. The molecule has 0 spiro atoms. The summed E-state index contributed by atoms with van der Waals surface area (Å²) >= 11 is 0. The Morgan fingerprint density at radius 3 is 2.59 bits per heavy atom. The van der Waals surface area contributed by atoms with Gasteiger partial charge in [-0.2, -0.15) is 0 Å². The predicted octanol–water partition coefficient (Wildman–Crippen LogP) is 2.34. The summed E-state index contributed by atoms with van der Waals surface area (Å²) < 4.78 is 16.5. The second kappa shape index (κ2) is 7.31. The van der Waals surface area contributed by atoms with Gasteiger partial charge in [-0.3, -0.25) is 4.79 Å². The molecule has 0 aromatic heterocycles. The molecule has 2 heterocycles. The molecule has 2 aromatic rings. The van der Waals surface area contributed by atoms with Crippen LogP contribution in [0.4, 0.5) is 0 Å². The molecule has 2 aromatic carbocycles. The zero-order valence-corrected chi connectivity index (χ0v) is 15.1. The SMILES string of the molecule is C[C@H](OC(=O)[C@@H]1COc2ccccc2O1)C(=O)N1CCc2ccccc2C1. The number of rotatable bonds is 3. The number of carbonyl (C=O) groups is 2. The lowest BCUT2D eigenvalue weighted by Gasteiger charge is -2.31. The van der Waals surface area contributed by atoms with Crippen LogP contribution in [-0.4, -0.2) is 42.1 Å². The Morgan fingerprint density at radius 1 is 1.07 bits per heavy atom. The van der Waals surface area contributed by atoms with Gasteiger partial charge in [0.05, 0.1) is 0 Å². The molecule has 0 N–H and O–H groups in total. The highest BCUT2D eigenvalue weighted by Gasteiger charge is 2.33. The van der Waals surface area contributed by atoms with Crippen LogP contribution in [0, 0.1) is 0 Å². The molecule has 0 radical (unpaired) electrons. The van der Waals surface area contributed by atoms with E-state index in [4.69, 9.17) is 14.2 Å². The summed E-state index contributed by atoms with van der Waals surface area (Å²) in [6.45, 7) is 2.81. The Labute approximate surface area is 157 Å². The maximum atomic E-state index is 12.7. The number of hydrogen-bond acceptors (Lipinski definition) is 5. The number of ether oxygens (including phenoxy) is 3. The summed E-state index contributed by atoms with van der Waals surface area (Å²) in [6, 6.07) is 15.2. The third-order valence-electron chi connectivity index (χ3n) is 4.85. The average molecular weight is 367 g/mol. The number of carbonyl (C=O) groups excluding carboxylic acids is 2. The van der Waals surface area contributed by atoms with Crippen molar-refractivity contribution in [2.45, 2.75) is 32.1 Å². The Kier molecular flexibility index (Phi) is 4.71. The number of para-hydroxylation sites is 2. The van der Waals surface area contributed by atoms with Crippen LogP contribution in [0.15, 0.2) is 48.5 Å². The zero-order valence-electron chi connectivity index (χ0n) is 15.1. The van der Waals surface area contributed by atoms with Gasteiger partial charge in [-0.05, 0) is 36.6 Å². The van der Waals surface area contributed by atoms with Gasteiger partial charge in [0.15, 0.2) is 17.6 Å². The Balaban J connectivity index is 1.36. The minimum atomic E-state index is -0.878. The molecule has 0 saturated carbocycles. The molecule has 4 rings (SSSR count). The standard InChI is InChI=1S/C21H21NO5/c1-14(20(23)22-11-10-15-6-2-3-7-16(15)12-22)26-21(24)19-13-25-17-8-4-5-9-18(17)27-19/h2-9,14,19H,10-13H2,1H3/t14-,19-/m0/s1. The van der Waals surface area contributed by atoms with Crippen molar-refractivity contribution in [2.75, 3.05) is 13.2 Å². The number of nitrogens with zero attached hydrogens (tertiary/aromatic N) is 1. The van der Waals surface area contributed by atoms with Crippen LogP contribution in [0.25, 0.3) is 0 Å². The van der Waals surface area contributed by atoms with Crippen molar-refractivity contribution < 1.29 is 23.8 Å². The van der Waals surface area contributed by atoms with Gasteiger partial charge in [0.25, 0.3) is 5.91 Å².